The summed E-state index contributed by atoms with van der Waals surface area (Å²) < 4.78 is 31.3. The van der Waals surface area contributed by atoms with Crippen molar-refractivity contribution in [3.05, 3.63) is 81.6 Å². The third kappa shape index (κ3) is 5.05. The van der Waals surface area contributed by atoms with Crippen molar-refractivity contribution in [3.8, 4) is 5.75 Å². The van der Waals surface area contributed by atoms with Crippen molar-refractivity contribution in [2.24, 2.45) is 0 Å². The van der Waals surface area contributed by atoms with Gasteiger partial charge in [0.15, 0.2) is 5.03 Å². The van der Waals surface area contributed by atoms with Crippen molar-refractivity contribution in [1.82, 2.24) is 15.1 Å². The molecule has 1 aromatic heterocycles. The predicted octanol–water partition coefficient (Wildman–Crippen LogP) is 2.05. The van der Waals surface area contributed by atoms with Crippen LogP contribution in [0.3, 0.4) is 0 Å². The molecule has 0 aliphatic heterocycles. The summed E-state index contributed by atoms with van der Waals surface area (Å²) in [5.41, 5.74) is 0.244. The number of hydrogen-bond acceptors (Lipinski definition) is 6. The fourth-order valence-corrected chi connectivity index (χ4v) is 3.87. The molecule has 1 N–H and O–H groups in total. The molecular weight excluding hydrogens is 430 g/mol. The van der Waals surface area contributed by atoms with E-state index in [4.69, 9.17) is 16.3 Å². The normalized spacial score (nSPS) is 11.1. The van der Waals surface area contributed by atoms with Crippen LogP contribution in [0.5, 0.6) is 5.75 Å². The fourth-order valence-electron chi connectivity index (χ4n) is 2.56. The van der Waals surface area contributed by atoms with E-state index in [1.165, 1.54) is 24.3 Å². The van der Waals surface area contributed by atoms with Gasteiger partial charge in [-0.25, -0.2) is 13.1 Å². The van der Waals surface area contributed by atoms with Gasteiger partial charge in [0.2, 0.25) is 15.7 Å². The van der Waals surface area contributed by atoms with E-state index < -0.39 is 27.8 Å². The minimum Gasteiger partial charge on any atom is -0.497 e. The number of sulfone groups is 1. The number of carbonyl (C=O) groups excluding carboxylic acids is 1. The summed E-state index contributed by atoms with van der Waals surface area (Å²) in [5.74, 6) is 0.209. The van der Waals surface area contributed by atoms with Crippen molar-refractivity contribution in [2.75, 3.05) is 7.11 Å². The first-order valence-corrected chi connectivity index (χ1v) is 10.6. The Morgan fingerprint density at radius 1 is 1.07 bits per heavy atom. The Kier molecular flexibility index (Phi) is 6.53. The molecule has 0 aliphatic carbocycles. The molecule has 0 atom stereocenters. The van der Waals surface area contributed by atoms with Crippen molar-refractivity contribution in [2.45, 2.75) is 23.0 Å². The van der Waals surface area contributed by atoms with Gasteiger partial charge in [-0.2, -0.15) is 5.10 Å². The standard InChI is InChI=1S/C20H18ClN3O5S/c1-29-16-6-2-14(3-7-16)12-22-18(25)13-24-20(26)11-10-19(23-24)30(27,28)17-8-4-15(21)5-9-17/h2-11H,12-13H2,1H3,(H,22,25). The highest BCUT2D eigenvalue weighted by Crippen LogP contribution is 2.20. The molecule has 0 saturated heterocycles. The Morgan fingerprint density at radius 3 is 2.37 bits per heavy atom. The number of nitrogens with zero attached hydrogens (tertiary/aromatic N) is 2. The van der Waals surface area contributed by atoms with E-state index in [2.05, 4.69) is 10.4 Å². The third-order valence-electron chi connectivity index (χ3n) is 4.18. The second-order valence-corrected chi connectivity index (χ2v) is 8.58. The second kappa shape index (κ2) is 9.10. The van der Waals surface area contributed by atoms with Crippen LogP contribution in [-0.2, 0) is 27.7 Å². The number of hydrogen-bond donors (Lipinski definition) is 1. The minimum atomic E-state index is -3.97. The first-order chi connectivity index (χ1) is 14.3. The van der Waals surface area contributed by atoms with Gasteiger partial charge in [0.1, 0.15) is 12.3 Å². The van der Waals surface area contributed by atoms with Crippen LogP contribution in [0.4, 0.5) is 0 Å². The molecule has 0 saturated carbocycles. The van der Waals surface area contributed by atoms with Gasteiger partial charge in [-0.1, -0.05) is 23.7 Å². The predicted molar refractivity (Wildman–Crippen MR) is 110 cm³/mol. The van der Waals surface area contributed by atoms with E-state index in [9.17, 15) is 18.0 Å². The number of amides is 1. The van der Waals surface area contributed by atoms with Gasteiger partial charge in [-0.3, -0.25) is 9.59 Å². The number of methoxy groups -OCH3 is 1. The van der Waals surface area contributed by atoms with Crippen LogP contribution < -0.4 is 15.6 Å². The van der Waals surface area contributed by atoms with E-state index in [1.807, 2.05) is 0 Å². The van der Waals surface area contributed by atoms with E-state index in [0.29, 0.717) is 10.8 Å². The molecule has 10 heteroatoms. The zero-order valence-electron chi connectivity index (χ0n) is 15.9. The van der Waals surface area contributed by atoms with Crippen LogP contribution in [0.2, 0.25) is 5.02 Å². The van der Waals surface area contributed by atoms with Gasteiger partial charge in [0.25, 0.3) is 5.56 Å². The Morgan fingerprint density at radius 2 is 1.73 bits per heavy atom. The van der Waals surface area contributed by atoms with Crippen molar-refractivity contribution < 1.29 is 17.9 Å². The maximum atomic E-state index is 12.7. The topological polar surface area (TPSA) is 107 Å². The molecule has 0 spiro atoms. The lowest BCUT2D eigenvalue weighted by molar-refractivity contribution is -0.122. The summed E-state index contributed by atoms with van der Waals surface area (Å²) in [6, 6.07) is 14.9. The minimum absolute atomic E-state index is 0.0199. The number of rotatable bonds is 7. The van der Waals surface area contributed by atoms with Crippen molar-refractivity contribution in [3.63, 3.8) is 0 Å². The molecule has 0 radical (unpaired) electrons. The average molecular weight is 448 g/mol. The summed E-state index contributed by atoms with van der Waals surface area (Å²) in [5, 5.41) is 6.58. The van der Waals surface area contributed by atoms with Crippen LogP contribution in [0.15, 0.2) is 75.4 Å². The van der Waals surface area contributed by atoms with Crippen molar-refractivity contribution in [1.29, 1.82) is 0 Å². The Hall–Kier alpha value is -3.17. The molecule has 2 aromatic carbocycles. The van der Waals surface area contributed by atoms with Gasteiger partial charge < -0.3 is 10.1 Å². The number of carbonyl (C=O) groups is 1. The summed E-state index contributed by atoms with van der Waals surface area (Å²) in [7, 11) is -2.41. The molecule has 0 bridgehead atoms. The number of halogens is 1. The fraction of sp³-hybridized carbons (Fsp3) is 0.150. The second-order valence-electron chi connectivity index (χ2n) is 6.25. The number of nitrogens with one attached hydrogen (secondary N) is 1. The Balaban J connectivity index is 1.73. The number of ether oxygens (including phenoxy) is 1. The van der Waals surface area contributed by atoms with Gasteiger partial charge >= 0.3 is 0 Å². The first-order valence-electron chi connectivity index (χ1n) is 8.78. The average Bonchev–Trinajstić information content (AvgIpc) is 2.74. The Bertz CT molecular complexity index is 1210. The summed E-state index contributed by atoms with van der Waals surface area (Å²) in [6.45, 7) is -0.181. The Labute approximate surface area is 178 Å². The highest BCUT2D eigenvalue weighted by Gasteiger charge is 2.21. The van der Waals surface area contributed by atoms with Gasteiger partial charge in [-0.15, -0.1) is 0 Å². The monoisotopic (exact) mass is 447 g/mol. The largest absolute Gasteiger partial charge is 0.497 e. The van der Waals surface area contributed by atoms with E-state index in [1.54, 1.807) is 31.4 Å². The molecule has 30 heavy (non-hydrogen) atoms. The first kappa shape index (κ1) is 21.5. The summed E-state index contributed by atoms with van der Waals surface area (Å²) in [4.78, 5) is 24.3. The zero-order valence-corrected chi connectivity index (χ0v) is 17.5. The van der Waals surface area contributed by atoms with E-state index >= 15 is 0 Å². The van der Waals surface area contributed by atoms with Gasteiger partial charge in [0.05, 0.1) is 12.0 Å². The van der Waals surface area contributed by atoms with Crippen LogP contribution in [-0.4, -0.2) is 31.2 Å². The lowest BCUT2D eigenvalue weighted by Gasteiger charge is -2.09. The third-order valence-corrected chi connectivity index (χ3v) is 6.10. The summed E-state index contributed by atoms with van der Waals surface area (Å²) in [6.07, 6.45) is 0. The molecule has 1 amide bonds. The molecule has 0 unspecified atom stereocenters. The molecule has 3 aromatic rings. The lowest BCUT2D eigenvalue weighted by atomic mass is 10.2. The highest BCUT2D eigenvalue weighted by molar-refractivity contribution is 7.91. The van der Waals surface area contributed by atoms with Crippen LogP contribution in [0, 0.1) is 0 Å². The van der Waals surface area contributed by atoms with Crippen LogP contribution >= 0.6 is 11.6 Å². The number of aromatic nitrogens is 2. The van der Waals surface area contributed by atoms with E-state index in [-0.39, 0.29) is 16.5 Å². The molecule has 8 nitrogen and oxygen atoms in total. The van der Waals surface area contributed by atoms with Gasteiger partial charge in [-0.05, 0) is 48.0 Å². The molecule has 3 rings (SSSR count). The SMILES string of the molecule is COc1ccc(CNC(=O)Cn2nc(S(=O)(=O)c3ccc(Cl)cc3)ccc2=O)cc1. The number of benzene rings is 2. The molecule has 1 heterocycles. The highest BCUT2D eigenvalue weighted by atomic mass is 35.5. The molecular formula is C20H18ClN3O5S. The zero-order chi connectivity index (χ0) is 21.7. The molecule has 156 valence electrons. The van der Waals surface area contributed by atoms with Crippen LogP contribution in [0.25, 0.3) is 0 Å². The summed E-state index contributed by atoms with van der Waals surface area (Å²) >= 11 is 5.79. The maximum Gasteiger partial charge on any atom is 0.267 e. The molecule has 0 fully saturated rings. The molecule has 0 aliphatic rings. The van der Waals surface area contributed by atoms with E-state index in [0.717, 1.165) is 22.4 Å². The van der Waals surface area contributed by atoms with Crippen LogP contribution in [0.1, 0.15) is 5.56 Å². The van der Waals surface area contributed by atoms with Crippen molar-refractivity contribution >= 4 is 27.3 Å². The van der Waals surface area contributed by atoms with Gasteiger partial charge in [0, 0.05) is 17.6 Å². The quantitative estimate of drug-likeness (QED) is 0.594. The lowest BCUT2D eigenvalue weighted by Crippen LogP contribution is -2.33. The smallest absolute Gasteiger partial charge is 0.267 e. The maximum absolute atomic E-state index is 12.7.